The summed E-state index contributed by atoms with van der Waals surface area (Å²) in [6.45, 7) is 4.59. The second-order valence-electron chi connectivity index (χ2n) is 4.00. The predicted molar refractivity (Wildman–Crippen MR) is 75.0 cm³/mol. The quantitative estimate of drug-likeness (QED) is 0.917. The molecule has 0 aliphatic heterocycles. The minimum Gasteiger partial charge on any atom is -0.465 e. The van der Waals surface area contributed by atoms with Crippen LogP contribution in [-0.2, 0) is 6.42 Å². The van der Waals surface area contributed by atoms with Gasteiger partial charge >= 0.3 is 0 Å². The molecule has 98 valence electrons. The Balaban J connectivity index is 2.51. The Morgan fingerprint density at radius 1 is 1.39 bits per heavy atom. The van der Waals surface area contributed by atoms with Gasteiger partial charge in [0.25, 0.3) is 11.6 Å². The molecule has 0 saturated heterocycles. The third-order valence-corrected chi connectivity index (χ3v) is 3.91. The van der Waals surface area contributed by atoms with Crippen LogP contribution < -0.4 is 10.3 Å². The smallest absolute Gasteiger partial charge is 0.297 e. The van der Waals surface area contributed by atoms with E-state index in [4.69, 9.17) is 16.3 Å². The van der Waals surface area contributed by atoms with Gasteiger partial charge < -0.3 is 4.74 Å². The molecule has 0 atom stereocenters. The van der Waals surface area contributed by atoms with E-state index in [1.165, 1.54) is 11.3 Å². The average molecular weight is 287 g/mol. The van der Waals surface area contributed by atoms with Gasteiger partial charge in [-0.05, 0) is 18.4 Å². The minimum absolute atomic E-state index is 0.169. The zero-order chi connectivity index (χ0) is 13.1. The van der Waals surface area contributed by atoms with E-state index in [1.54, 1.807) is 0 Å². The Hall–Kier alpha value is -1.07. The van der Waals surface area contributed by atoms with Gasteiger partial charge in [-0.15, -0.1) is 11.3 Å². The molecule has 0 radical (unpaired) electrons. The Labute approximate surface area is 114 Å². The van der Waals surface area contributed by atoms with Crippen molar-refractivity contribution in [2.24, 2.45) is 0 Å². The standard InChI is InChI=1S/C12H15ClN2O2S/c1-3-5-7-8-10(16)14-12(17-6-4-2)15-11(8)18-9(7)13/h3-6H2,1-2H3,(H,14,15,16). The van der Waals surface area contributed by atoms with Gasteiger partial charge in [-0.2, -0.15) is 4.98 Å². The molecular formula is C12H15ClN2O2S. The number of thiophene rings is 1. The third-order valence-electron chi connectivity index (χ3n) is 2.53. The van der Waals surface area contributed by atoms with Gasteiger partial charge in [-0.1, -0.05) is 31.9 Å². The van der Waals surface area contributed by atoms with E-state index in [-0.39, 0.29) is 11.6 Å². The van der Waals surface area contributed by atoms with Gasteiger partial charge in [0.15, 0.2) is 0 Å². The van der Waals surface area contributed by atoms with E-state index in [1.807, 2.05) is 6.92 Å². The maximum atomic E-state index is 12.0. The summed E-state index contributed by atoms with van der Waals surface area (Å²) in [5.41, 5.74) is 0.729. The third kappa shape index (κ3) is 2.52. The number of nitrogens with zero attached hydrogens (tertiary/aromatic N) is 1. The number of hydrogen-bond acceptors (Lipinski definition) is 4. The summed E-state index contributed by atoms with van der Waals surface area (Å²) in [4.78, 5) is 19.6. The molecule has 2 rings (SSSR count). The van der Waals surface area contributed by atoms with E-state index in [0.717, 1.165) is 24.8 Å². The van der Waals surface area contributed by atoms with Crippen molar-refractivity contribution < 1.29 is 4.74 Å². The number of hydrogen-bond donors (Lipinski definition) is 1. The highest BCUT2D eigenvalue weighted by atomic mass is 35.5. The van der Waals surface area contributed by atoms with Crippen LogP contribution in [0.25, 0.3) is 10.2 Å². The van der Waals surface area contributed by atoms with Gasteiger partial charge in [0.1, 0.15) is 4.83 Å². The fourth-order valence-corrected chi connectivity index (χ4v) is 3.11. The molecule has 0 aliphatic carbocycles. The molecule has 0 aromatic carbocycles. The van der Waals surface area contributed by atoms with Crippen molar-refractivity contribution in [3.8, 4) is 6.01 Å². The largest absolute Gasteiger partial charge is 0.465 e. The number of aryl methyl sites for hydroxylation is 1. The van der Waals surface area contributed by atoms with Gasteiger partial charge in [0.2, 0.25) is 0 Å². The lowest BCUT2D eigenvalue weighted by Crippen LogP contribution is -2.11. The van der Waals surface area contributed by atoms with Gasteiger partial charge in [-0.3, -0.25) is 9.78 Å². The molecule has 2 aromatic rings. The normalized spacial score (nSPS) is 11.1. The summed E-state index contributed by atoms with van der Waals surface area (Å²) < 4.78 is 6.00. The van der Waals surface area contributed by atoms with Crippen LogP contribution in [0.1, 0.15) is 32.3 Å². The average Bonchev–Trinajstić information content (AvgIpc) is 2.64. The van der Waals surface area contributed by atoms with Crippen molar-refractivity contribution in [1.29, 1.82) is 0 Å². The van der Waals surface area contributed by atoms with Crippen LogP contribution in [-0.4, -0.2) is 16.6 Å². The SMILES string of the molecule is CCCOc1nc2sc(Cl)c(CCC)c2c(=O)[nH]1. The molecule has 0 bridgehead atoms. The van der Waals surface area contributed by atoms with Crippen molar-refractivity contribution >= 4 is 33.2 Å². The van der Waals surface area contributed by atoms with Gasteiger partial charge in [0, 0.05) is 0 Å². The first-order valence-electron chi connectivity index (χ1n) is 6.01. The summed E-state index contributed by atoms with van der Waals surface area (Å²) in [7, 11) is 0. The Kier molecular flexibility index (Phi) is 4.24. The number of aromatic nitrogens is 2. The first kappa shape index (κ1) is 13.4. The number of fused-ring (bicyclic) bond motifs is 1. The van der Waals surface area contributed by atoms with Crippen molar-refractivity contribution in [3.05, 3.63) is 20.3 Å². The van der Waals surface area contributed by atoms with E-state index in [2.05, 4.69) is 16.9 Å². The summed E-state index contributed by atoms with van der Waals surface area (Å²) in [6.07, 6.45) is 2.60. The summed E-state index contributed by atoms with van der Waals surface area (Å²) >= 11 is 7.49. The predicted octanol–water partition coefficient (Wildman–Crippen LogP) is 3.38. The number of H-pyrrole nitrogens is 1. The lowest BCUT2D eigenvalue weighted by Gasteiger charge is -2.02. The number of nitrogens with one attached hydrogen (secondary N) is 1. The molecule has 0 spiro atoms. The number of ether oxygens (including phenoxy) is 1. The Morgan fingerprint density at radius 3 is 2.83 bits per heavy atom. The summed E-state index contributed by atoms with van der Waals surface area (Å²) in [5.74, 6) is 0. The molecular weight excluding hydrogens is 272 g/mol. The lowest BCUT2D eigenvalue weighted by molar-refractivity contribution is 0.293. The van der Waals surface area contributed by atoms with E-state index < -0.39 is 0 Å². The van der Waals surface area contributed by atoms with E-state index >= 15 is 0 Å². The molecule has 0 saturated carbocycles. The Bertz CT molecular complexity index is 606. The molecule has 0 amide bonds. The van der Waals surface area contributed by atoms with Crippen LogP contribution in [0.5, 0.6) is 6.01 Å². The molecule has 0 fully saturated rings. The number of rotatable bonds is 5. The minimum atomic E-state index is -0.169. The van der Waals surface area contributed by atoms with Crippen LogP contribution >= 0.6 is 22.9 Å². The fraction of sp³-hybridized carbons (Fsp3) is 0.500. The van der Waals surface area contributed by atoms with Crippen LogP contribution in [0, 0.1) is 0 Å². The van der Waals surface area contributed by atoms with Crippen molar-refractivity contribution in [2.45, 2.75) is 33.1 Å². The molecule has 18 heavy (non-hydrogen) atoms. The first-order chi connectivity index (χ1) is 8.67. The highest BCUT2D eigenvalue weighted by Gasteiger charge is 2.15. The molecule has 4 nitrogen and oxygen atoms in total. The van der Waals surface area contributed by atoms with Crippen LogP contribution in [0.3, 0.4) is 0 Å². The highest BCUT2D eigenvalue weighted by Crippen LogP contribution is 2.33. The summed E-state index contributed by atoms with van der Waals surface area (Å²) in [6, 6.07) is 0.273. The first-order valence-corrected chi connectivity index (χ1v) is 7.20. The monoisotopic (exact) mass is 286 g/mol. The summed E-state index contributed by atoms with van der Waals surface area (Å²) in [5, 5.41) is 0.607. The second kappa shape index (κ2) is 5.71. The maximum Gasteiger partial charge on any atom is 0.297 e. The van der Waals surface area contributed by atoms with Crippen LogP contribution in [0.4, 0.5) is 0 Å². The molecule has 2 aromatic heterocycles. The maximum absolute atomic E-state index is 12.0. The molecule has 1 N–H and O–H groups in total. The van der Waals surface area contributed by atoms with Crippen LogP contribution in [0.15, 0.2) is 4.79 Å². The van der Waals surface area contributed by atoms with Crippen molar-refractivity contribution in [3.63, 3.8) is 0 Å². The Morgan fingerprint density at radius 2 is 2.17 bits per heavy atom. The van der Waals surface area contributed by atoms with Gasteiger partial charge in [-0.25, -0.2) is 0 Å². The molecule has 2 heterocycles. The zero-order valence-corrected chi connectivity index (χ0v) is 12.0. The number of halogens is 1. The fourth-order valence-electron chi connectivity index (χ4n) is 1.76. The highest BCUT2D eigenvalue weighted by molar-refractivity contribution is 7.22. The molecule has 6 heteroatoms. The van der Waals surface area contributed by atoms with Gasteiger partial charge in [0.05, 0.1) is 16.3 Å². The molecule has 0 aliphatic rings. The van der Waals surface area contributed by atoms with E-state index in [9.17, 15) is 4.79 Å². The zero-order valence-electron chi connectivity index (χ0n) is 10.4. The molecule has 0 unspecified atom stereocenters. The second-order valence-corrected chi connectivity index (χ2v) is 5.61. The van der Waals surface area contributed by atoms with E-state index in [0.29, 0.717) is 21.2 Å². The lowest BCUT2D eigenvalue weighted by atomic mass is 10.1. The van der Waals surface area contributed by atoms with Crippen LogP contribution in [0.2, 0.25) is 4.34 Å². The number of aromatic amines is 1. The topological polar surface area (TPSA) is 55.0 Å². The van der Waals surface area contributed by atoms with Crippen molar-refractivity contribution in [2.75, 3.05) is 6.61 Å². The van der Waals surface area contributed by atoms with Crippen molar-refractivity contribution in [1.82, 2.24) is 9.97 Å².